The number of hydrogen-bond donors (Lipinski definition) is 2. The Labute approximate surface area is 179 Å². The van der Waals surface area contributed by atoms with Crippen molar-refractivity contribution in [3.8, 4) is 0 Å². The van der Waals surface area contributed by atoms with Gasteiger partial charge in [0.2, 0.25) is 0 Å². The molecule has 1 aliphatic rings. The number of hydrogen-bond acceptors (Lipinski definition) is 3. The van der Waals surface area contributed by atoms with Gasteiger partial charge in [0.1, 0.15) is 5.82 Å². The van der Waals surface area contributed by atoms with Crippen LogP contribution in [-0.2, 0) is 6.42 Å². The zero-order valence-corrected chi connectivity index (χ0v) is 18.1. The second kappa shape index (κ2) is 8.86. The summed E-state index contributed by atoms with van der Waals surface area (Å²) >= 11 is 0. The van der Waals surface area contributed by atoms with E-state index in [1.165, 1.54) is 18.4 Å². The number of anilines is 2. The van der Waals surface area contributed by atoms with Crippen LogP contribution < -0.4 is 10.6 Å². The summed E-state index contributed by atoms with van der Waals surface area (Å²) in [6.45, 7) is 6.69. The third kappa shape index (κ3) is 4.33. The summed E-state index contributed by atoms with van der Waals surface area (Å²) in [5.41, 5.74) is 3.76. The number of carbonyl (C=O) groups is 1. The highest BCUT2D eigenvalue weighted by Crippen LogP contribution is 2.30. The maximum absolute atomic E-state index is 13.3. The summed E-state index contributed by atoms with van der Waals surface area (Å²) in [7, 11) is 0. The number of aromatic nitrogens is 1. The third-order valence-corrected chi connectivity index (χ3v) is 6.62. The number of benzene rings is 2. The van der Waals surface area contributed by atoms with Crippen LogP contribution in [0, 0.1) is 11.8 Å². The Morgan fingerprint density at radius 2 is 1.83 bits per heavy atom. The van der Waals surface area contributed by atoms with Gasteiger partial charge in [-0.3, -0.25) is 4.79 Å². The van der Waals surface area contributed by atoms with E-state index in [-0.39, 0.29) is 11.9 Å². The zero-order valence-electron chi connectivity index (χ0n) is 18.1. The monoisotopic (exact) mass is 401 g/mol. The van der Waals surface area contributed by atoms with Crippen molar-refractivity contribution in [2.45, 2.75) is 52.5 Å². The molecule has 156 valence electrons. The minimum atomic E-state index is -0.0102. The lowest BCUT2D eigenvalue weighted by atomic mass is 9.78. The lowest BCUT2D eigenvalue weighted by molar-refractivity contribution is 0.0892. The van der Waals surface area contributed by atoms with Gasteiger partial charge in [-0.2, -0.15) is 0 Å². The summed E-state index contributed by atoms with van der Waals surface area (Å²) < 4.78 is 0. The molecule has 1 amide bonds. The number of fused-ring (bicyclic) bond motifs is 1. The second-order valence-corrected chi connectivity index (χ2v) is 8.59. The van der Waals surface area contributed by atoms with Gasteiger partial charge in [-0.05, 0) is 54.5 Å². The topological polar surface area (TPSA) is 54.0 Å². The number of nitrogens with zero attached hydrogens (tertiary/aromatic N) is 1. The Hall–Kier alpha value is -2.88. The van der Waals surface area contributed by atoms with Gasteiger partial charge < -0.3 is 10.6 Å². The third-order valence-electron chi connectivity index (χ3n) is 6.62. The maximum Gasteiger partial charge on any atom is 0.252 e. The average molecular weight is 402 g/mol. The Morgan fingerprint density at radius 1 is 1.07 bits per heavy atom. The summed E-state index contributed by atoms with van der Waals surface area (Å²) in [6, 6.07) is 18.3. The molecule has 0 saturated heterocycles. The minimum absolute atomic E-state index is 0.0102. The first-order valence-corrected chi connectivity index (χ1v) is 11.1. The van der Waals surface area contributed by atoms with Crippen LogP contribution in [0.3, 0.4) is 0 Å². The van der Waals surface area contributed by atoms with E-state index in [1.54, 1.807) is 0 Å². The smallest absolute Gasteiger partial charge is 0.252 e. The Bertz CT molecular complexity index is 1030. The Balaban J connectivity index is 1.63. The van der Waals surface area contributed by atoms with Gasteiger partial charge in [0, 0.05) is 17.1 Å². The van der Waals surface area contributed by atoms with E-state index < -0.39 is 0 Å². The highest BCUT2D eigenvalue weighted by Gasteiger charge is 2.28. The second-order valence-electron chi connectivity index (χ2n) is 8.59. The fourth-order valence-corrected chi connectivity index (χ4v) is 4.43. The van der Waals surface area contributed by atoms with E-state index >= 15 is 0 Å². The van der Waals surface area contributed by atoms with Crippen molar-refractivity contribution in [3.63, 3.8) is 0 Å². The predicted molar refractivity (Wildman–Crippen MR) is 124 cm³/mol. The maximum atomic E-state index is 13.3. The van der Waals surface area contributed by atoms with Crippen LogP contribution in [0.1, 0.15) is 56.0 Å². The molecular weight excluding hydrogens is 370 g/mol. The largest absolute Gasteiger partial charge is 0.349 e. The van der Waals surface area contributed by atoms with Gasteiger partial charge in [0.15, 0.2) is 0 Å². The van der Waals surface area contributed by atoms with E-state index in [2.05, 4.69) is 55.7 Å². The van der Waals surface area contributed by atoms with Gasteiger partial charge in [-0.1, -0.05) is 63.9 Å². The molecule has 1 saturated carbocycles. The lowest BCUT2D eigenvalue weighted by Crippen LogP contribution is -2.43. The molecule has 3 atom stereocenters. The molecule has 1 aromatic heterocycles. The highest BCUT2D eigenvalue weighted by molar-refractivity contribution is 6.07. The predicted octanol–water partition coefficient (Wildman–Crippen LogP) is 6.10. The molecule has 3 unspecified atom stereocenters. The van der Waals surface area contributed by atoms with E-state index in [0.717, 1.165) is 29.4 Å². The van der Waals surface area contributed by atoms with Crippen LogP contribution in [0.2, 0.25) is 0 Å². The van der Waals surface area contributed by atoms with Gasteiger partial charge in [-0.25, -0.2) is 4.98 Å². The van der Waals surface area contributed by atoms with E-state index in [4.69, 9.17) is 4.98 Å². The molecule has 4 nitrogen and oxygen atoms in total. The highest BCUT2D eigenvalue weighted by atomic mass is 16.1. The van der Waals surface area contributed by atoms with E-state index in [1.807, 2.05) is 30.3 Å². The van der Waals surface area contributed by atoms with Gasteiger partial charge in [-0.15, -0.1) is 0 Å². The molecule has 0 bridgehead atoms. The summed E-state index contributed by atoms with van der Waals surface area (Å²) in [5, 5.41) is 7.58. The molecule has 1 aliphatic carbocycles. The molecule has 4 heteroatoms. The molecule has 1 heterocycles. The molecule has 2 N–H and O–H groups in total. The number of amides is 1. The van der Waals surface area contributed by atoms with E-state index in [0.29, 0.717) is 23.2 Å². The minimum Gasteiger partial charge on any atom is -0.349 e. The zero-order chi connectivity index (χ0) is 21.1. The van der Waals surface area contributed by atoms with Gasteiger partial charge >= 0.3 is 0 Å². The number of para-hydroxylation sites is 1. The van der Waals surface area contributed by atoms with Crippen molar-refractivity contribution in [2.24, 2.45) is 11.8 Å². The average Bonchev–Trinajstić information content (AvgIpc) is 2.77. The standard InChI is InChI=1S/C26H31N3O/c1-4-19-12-14-20(15-13-19)27-25-16-22(21-9-5-6-10-24(21)28-25)26(30)29-23-11-7-8-17(2)18(23)3/h5-6,9-10,12-18,23H,4,7-8,11H2,1-3H3,(H,27,28)(H,29,30). The number of aryl methyl sites for hydroxylation is 1. The first-order valence-electron chi connectivity index (χ1n) is 11.1. The van der Waals surface area contributed by atoms with Crippen molar-refractivity contribution in [1.29, 1.82) is 0 Å². The number of nitrogens with one attached hydrogen (secondary N) is 2. The van der Waals surface area contributed by atoms with Crippen molar-refractivity contribution >= 4 is 28.3 Å². The molecule has 3 aromatic rings. The Morgan fingerprint density at radius 3 is 2.60 bits per heavy atom. The molecule has 0 spiro atoms. The number of carbonyl (C=O) groups excluding carboxylic acids is 1. The van der Waals surface area contributed by atoms with Gasteiger partial charge in [0.05, 0.1) is 11.1 Å². The van der Waals surface area contributed by atoms with Crippen LogP contribution in [0.5, 0.6) is 0 Å². The SMILES string of the molecule is CCc1ccc(Nc2cc(C(=O)NC3CCCC(C)C3C)c3ccccc3n2)cc1. The van der Waals surface area contributed by atoms with Crippen LogP contribution in [0.4, 0.5) is 11.5 Å². The van der Waals surface area contributed by atoms with E-state index in [9.17, 15) is 4.79 Å². The quantitative estimate of drug-likeness (QED) is 0.543. The first kappa shape index (κ1) is 20.4. The molecule has 30 heavy (non-hydrogen) atoms. The van der Waals surface area contributed by atoms with Crippen molar-refractivity contribution in [2.75, 3.05) is 5.32 Å². The molecule has 4 rings (SSSR count). The molecule has 0 radical (unpaired) electrons. The Kier molecular flexibility index (Phi) is 6.03. The normalized spacial score (nSPS) is 21.4. The van der Waals surface area contributed by atoms with Crippen LogP contribution in [-0.4, -0.2) is 16.9 Å². The molecule has 2 aromatic carbocycles. The molecule has 1 fully saturated rings. The number of pyridine rings is 1. The van der Waals surface area contributed by atoms with Crippen LogP contribution >= 0.6 is 0 Å². The van der Waals surface area contributed by atoms with Crippen molar-refractivity contribution in [1.82, 2.24) is 10.3 Å². The van der Waals surface area contributed by atoms with Crippen LogP contribution in [0.25, 0.3) is 10.9 Å². The summed E-state index contributed by atoms with van der Waals surface area (Å²) in [4.78, 5) is 18.0. The molecule has 0 aliphatic heterocycles. The summed E-state index contributed by atoms with van der Waals surface area (Å²) in [5.74, 6) is 1.81. The van der Waals surface area contributed by atoms with Crippen molar-refractivity contribution < 1.29 is 4.79 Å². The fraction of sp³-hybridized carbons (Fsp3) is 0.385. The number of rotatable bonds is 5. The first-order chi connectivity index (χ1) is 14.5. The fourth-order valence-electron chi connectivity index (χ4n) is 4.43. The van der Waals surface area contributed by atoms with Crippen LogP contribution in [0.15, 0.2) is 54.6 Å². The molecular formula is C26H31N3O. The van der Waals surface area contributed by atoms with Gasteiger partial charge in [0.25, 0.3) is 5.91 Å². The summed E-state index contributed by atoms with van der Waals surface area (Å²) in [6.07, 6.45) is 4.48. The lowest BCUT2D eigenvalue weighted by Gasteiger charge is -2.34. The van der Waals surface area contributed by atoms with Crippen molar-refractivity contribution in [3.05, 3.63) is 65.7 Å².